The number of carbonyl (C=O) groups excluding carboxylic acids is 2. The van der Waals surface area contributed by atoms with E-state index in [4.69, 9.17) is 47.4 Å². The number of hydrogen-bond acceptors (Lipinski definition) is 11. The van der Waals surface area contributed by atoms with Crippen molar-refractivity contribution in [3.8, 4) is 12.3 Å². The molecule has 45 heavy (non-hydrogen) atoms. The molecule has 7 rings (SSSR count). The molecule has 4 aliphatic carbocycles. The summed E-state index contributed by atoms with van der Waals surface area (Å²) in [6, 6.07) is 0. The van der Waals surface area contributed by atoms with E-state index in [1.54, 1.807) is 4.57 Å². The molecule has 1 aliphatic heterocycles. The van der Waals surface area contributed by atoms with Crippen molar-refractivity contribution in [2.24, 2.45) is 10.8 Å². The number of carbonyl (C=O) groups is 2. The van der Waals surface area contributed by atoms with Gasteiger partial charge in [-0.2, -0.15) is 9.97 Å². The third-order valence-electron chi connectivity index (χ3n) is 10.9. The number of hydrogen-bond donors (Lipinski definition) is 1. The van der Waals surface area contributed by atoms with Gasteiger partial charge in [-0.1, -0.05) is 44.4 Å². The van der Waals surface area contributed by atoms with Crippen LogP contribution in [0.25, 0.3) is 11.2 Å². The van der Waals surface area contributed by atoms with E-state index in [9.17, 15) is 9.59 Å². The van der Waals surface area contributed by atoms with Crippen molar-refractivity contribution in [3.05, 3.63) is 11.6 Å². The van der Waals surface area contributed by atoms with Crippen molar-refractivity contribution in [2.75, 3.05) is 12.3 Å². The molecule has 3 heterocycles. The number of aromatic nitrogens is 4. The van der Waals surface area contributed by atoms with Crippen LogP contribution in [0.15, 0.2) is 6.33 Å². The predicted molar refractivity (Wildman–Crippen MR) is 162 cm³/mol. The number of ether oxygens (including phenoxy) is 5. The lowest BCUT2D eigenvalue weighted by Crippen LogP contribution is -2.48. The van der Waals surface area contributed by atoms with Crippen molar-refractivity contribution >= 4 is 40.9 Å². The van der Waals surface area contributed by atoms with Gasteiger partial charge in [0.2, 0.25) is 10.9 Å². The zero-order chi connectivity index (χ0) is 31.2. The number of nitrogen functional groups attached to an aromatic ring is 1. The zero-order valence-corrected chi connectivity index (χ0v) is 26.1. The highest BCUT2D eigenvalue weighted by molar-refractivity contribution is 6.28. The van der Waals surface area contributed by atoms with E-state index in [-0.39, 0.29) is 35.1 Å². The van der Waals surface area contributed by atoms with Crippen LogP contribution in [0.5, 0.6) is 0 Å². The highest BCUT2D eigenvalue weighted by atomic mass is 35.5. The van der Waals surface area contributed by atoms with Gasteiger partial charge in [-0.25, -0.2) is 14.6 Å². The maximum atomic E-state index is 13.1. The third-order valence-corrected chi connectivity index (χ3v) is 11.1. The summed E-state index contributed by atoms with van der Waals surface area (Å²) in [6.07, 6.45) is 19.2. The van der Waals surface area contributed by atoms with Gasteiger partial charge in [-0.3, -0.25) is 4.57 Å². The molecule has 2 spiro atoms. The normalized spacial score (nSPS) is 30.3. The molecule has 2 aromatic heterocycles. The minimum atomic E-state index is -1.63. The molecule has 0 unspecified atom stereocenters. The molecular weight excluding hydrogens is 602 g/mol. The Balaban J connectivity index is 1.03. The number of halogens is 1. The molecule has 0 aromatic carbocycles. The molecule has 3 atom stereocenters. The molecule has 2 N–H and O–H groups in total. The van der Waals surface area contributed by atoms with Crippen LogP contribution < -0.4 is 5.73 Å². The van der Waals surface area contributed by atoms with Gasteiger partial charge >= 0.3 is 12.3 Å². The maximum absolute atomic E-state index is 13.1. The first kappa shape index (κ1) is 30.4. The van der Waals surface area contributed by atoms with Crippen molar-refractivity contribution in [3.63, 3.8) is 0 Å². The summed E-state index contributed by atoms with van der Waals surface area (Å²) < 4.78 is 30.6. The largest absolute Gasteiger partial charge is 0.508 e. The molecule has 1 saturated heterocycles. The van der Waals surface area contributed by atoms with Crippen LogP contribution in [0, 0.1) is 23.2 Å². The number of fused-ring (bicyclic) bond motifs is 1. The number of rotatable bonds is 6. The Morgan fingerprint density at radius 1 is 0.956 bits per heavy atom. The molecule has 5 fully saturated rings. The second-order valence-electron chi connectivity index (χ2n) is 13.9. The third kappa shape index (κ3) is 5.89. The Labute approximate surface area is 267 Å². The average molecular weight is 642 g/mol. The quantitative estimate of drug-likeness (QED) is 0.216. The maximum Gasteiger partial charge on any atom is 0.508 e. The summed E-state index contributed by atoms with van der Waals surface area (Å²) in [5, 5.41) is -0.0624. The standard InChI is InChI=1S/C32H40ClN5O7/c1-2-32(18-41-28(39)42-20-14-30(15-20)9-5-3-6-10-30)22(44-29(40)43-21-16-31(17-21)11-7-4-8-12-31)13-23(45-32)38-19-35-24-25(34)36-27(33)37-26(24)38/h1,19-23H,3-18H2,(H2,34,36,37)/t22-,23+,32+/m0/s1. The molecule has 0 amide bonds. The van der Waals surface area contributed by atoms with Gasteiger partial charge in [0.1, 0.15) is 30.6 Å². The van der Waals surface area contributed by atoms with E-state index in [1.165, 1.54) is 70.5 Å². The van der Waals surface area contributed by atoms with Crippen LogP contribution >= 0.6 is 11.6 Å². The first-order chi connectivity index (χ1) is 21.7. The van der Waals surface area contributed by atoms with Crippen molar-refractivity contribution in [1.29, 1.82) is 0 Å². The van der Waals surface area contributed by atoms with Gasteiger partial charge in [0, 0.05) is 6.42 Å². The summed E-state index contributed by atoms with van der Waals surface area (Å²) in [4.78, 5) is 38.4. The van der Waals surface area contributed by atoms with Gasteiger partial charge in [-0.05, 0) is 73.8 Å². The van der Waals surface area contributed by atoms with E-state index >= 15 is 0 Å². The molecule has 0 bridgehead atoms. The van der Waals surface area contributed by atoms with Gasteiger partial charge in [0.05, 0.1) is 6.33 Å². The molecule has 13 heteroatoms. The van der Waals surface area contributed by atoms with E-state index in [2.05, 4.69) is 20.9 Å². The van der Waals surface area contributed by atoms with Crippen LogP contribution in [0.4, 0.5) is 15.4 Å². The predicted octanol–water partition coefficient (Wildman–Crippen LogP) is 6.25. The Morgan fingerprint density at radius 2 is 1.56 bits per heavy atom. The highest BCUT2D eigenvalue weighted by Gasteiger charge is 2.54. The van der Waals surface area contributed by atoms with Crippen molar-refractivity contribution in [2.45, 2.75) is 126 Å². The highest BCUT2D eigenvalue weighted by Crippen LogP contribution is 2.54. The Hall–Kier alpha value is -3.30. The zero-order valence-electron chi connectivity index (χ0n) is 25.4. The van der Waals surface area contributed by atoms with E-state index in [0.717, 1.165) is 25.7 Å². The summed E-state index contributed by atoms with van der Waals surface area (Å²) in [5.41, 5.74) is 5.60. The minimum Gasteiger partial charge on any atom is -0.431 e. The number of nitrogens with two attached hydrogens (primary N) is 1. The minimum absolute atomic E-state index is 0.0624. The smallest absolute Gasteiger partial charge is 0.431 e. The second kappa shape index (κ2) is 11.8. The summed E-state index contributed by atoms with van der Waals surface area (Å²) in [7, 11) is 0. The van der Waals surface area contributed by atoms with Gasteiger partial charge in [0.15, 0.2) is 17.6 Å². The van der Waals surface area contributed by atoms with E-state index < -0.39 is 36.9 Å². The Kier molecular flexibility index (Phi) is 7.97. The molecule has 242 valence electrons. The summed E-state index contributed by atoms with van der Waals surface area (Å²) in [5.74, 6) is 2.71. The van der Waals surface area contributed by atoms with Gasteiger partial charge in [-0.15, -0.1) is 6.42 Å². The van der Waals surface area contributed by atoms with Crippen LogP contribution in [-0.4, -0.2) is 62.3 Å². The SMILES string of the molecule is C#C[C@]1(COC(=O)OC2CC3(CCCCC3)C2)O[C@@H](n2cnc3c(N)nc(Cl)nc32)C[C@@H]1OC(=O)OC1CC2(CCCCC2)C1. The van der Waals surface area contributed by atoms with E-state index in [1.807, 2.05) is 0 Å². The summed E-state index contributed by atoms with van der Waals surface area (Å²) >= 11 is 6.08. The monoisotopic (exact) mass is 641 g/mol. The van der Waals surface area contributed by atoms with Crippen LogP contribution in [0.1, 0.15) is 103 Å². The first-order valence-electron chi connectivity index (χ1n) is 16.2. The molecule has 2 aromatic rings. The number of terminal acetylenes is 1. The Morgan fingerprint density at radius 3 is 2.16 bits per heavy atom. The Bertz CT molecular complexity index is 1480. The molecular formula is C32H40ClN5O7. The summed E-state index contributed by atoms with van der Waals surface area (Å²) in [6.45, 7) is -0.397. The number of anilines is 1. The average Bonchev–Trinajstić information content (AvgIpc) is 3.57. The molecule has 4 saturated carbocycles. The van der Waals surface area contributed by atoms with Gasteiger partial charge < -0.3 is 29.4 Å². The fraction of sp³-hybridized carbons (Fsp3) is 0.719. The van der Waals surface area contributed by atoms with Crippen LogP contribution in [0.3, 0.4) is 0 Å². The van der Waals surface area contributed by atoms with E-state index in [0.29, 0.717) is 16.6 Å². The molecule has 5 aliphatic rings. The number of nitrogens with zero attached hydrogens (tertiary/aromatic N) is 4. The van der Waals surface area contributed by atoms with Gasteiger partial charge in [0.25, 0.3) is 0 Å². The lowest BCUT2D eigenvalue weighted by Gasteiger charge is -2.49. The lowest BCUT2D eigenvalue weighted by atomic mass is 9.59. The topological polar surface area (TPSA) is 150 Å². The van der Waals surface area contributed by atoms with Crippen LogP contribution in [-0.2, 0) is 23.7 Å². The second-order valence-corrected chi connectivity index (χ2v) is 14.2. The molecule has 0 radical (unpaired) electrons. The lowest BCUT2D eigenvalue weighted by molar-refractivity contribution is -0.127. The van der Waals surface area contributed by atoms with Crippen molar-refractivity contribution < 1.29 is 33.3 Å². The molecule has 12 nitrogen and oxygen atoms in total. The first-order valence-corrected chi connectivity index (χ1v) is 16.6. The van der Waals surface area contributed by atoms with Crippen LogP contribution in [0.2, 0.25) is 5.28 Å². The fourth-order valence-electron chi connectivity index (χ4n) is 8.49. The van der Waals surface area contributed by atoms with Crippen molar-refractivity contribution in [1.82, 2.24) is 19.5 Å². The fourth-order valence-corrected chi connectivity index (χ4v) is 8.66. The number of imidazole rings is 1.